The first-order valence-electron chi connectivity index (χ1n) is 15.0. The number of fused-ring (bicyclic) bond motifs is 2. The standard InChI is InChI=1S/C32H39N5O6/c1-3-5-7-11-17-37-30(40)27(28(36-32(37)42)31(41)43-18-12-8-6-4-2)35-26(38)20-33-21-15-16-23-25(19-21)34-24-14-10-9-13-22(24)29(23)39/h9-10,13-16,19,33H,3-8,11-12,17-18,20H2,1-2H3,(H,34,39)(H,35,38)(H,36,42). The van der Waals surface area contributed by atoms with Crippen LogP contribution in [0.15, 0.2) is 56.8 Å². The maximum Gasteiger partial charge on any atom is 0.357 e. The first kappa shape index (κ1) is 31.3. The van der Waals surface area contributed by atoms with Crippen LogP contribution in [0.4, 0.5) is 11.4 Å². The Morgan fingerprint density at radius 3 is 2.33 bits per heavy atom. The van der Waals surface area contributed by atoms with E-state index >= 15 is 0 Å². The van der Waals surface area contributed by atoms with Crippen molar-refractivity contribution in [3.63, 3.8) is 0 Å². The minimum Gasteiger partial charge on any atom is -0.461 e. The summed E-state index contributed by atoms with van der Waals surface area (Å²) in [6, 6.07) is 12.3. The fourth-order valence-electron chi connectivity index (χ4n) is 4.91. The molecule has 2 heterocycles. The van der Waals surface area contributed by atoms with Crippen molar-refractivity contribution in [3.05, 3.63) is 79.2 Å². The van der Waals surface area contributed by atoms with Gasteiger partial charge in [0.05, 0.1) is 18.7 Å². The zero-order valence-corrected chi connectivity index (χ0v) is 24.7. The molecule has 0 aliphatic rings. The second kappa shape index (κ2) is 15.0. The molecule has 0 saturated heterocycles. The number of anilines is 2. The number of aromatic amines is 2. The SMILES string of the molecule is CCCCCCOC(=O)c1[nH]c(=O)n(CCCCCC)c(=O)c1NC(=O)CNc1ccc2c(=O)c3ccccc3[nH]c2c1. The van der Waals surface area contributed by atoms with Gasteiger partial charge in [0.15, 0.2) is 11.1 Å². The zero-order valence-electron chi connectivity index (χ0n) is 24.7. The van der Waals surface area contributed by atoms with Crippen molar-refractivity contribution < 1.29 is 14.3 Å². The Labute approximate surface area is 248 Å². The van der Waals surface area contributed by atoms with Gasteiger partial charge >= 0.3 is 11.7 Å². The minimum absolute atomic E-state index is 0.0949. The molecule has 0 aliphatic heterocycles. The number of hydrogen-bond acceptors (Lipinski definition) is 7. The van der Waals surface area contributed by atoms with E-state index in [0.29, 0.717) is 40.3 Å². The van der Waals surface area contributed by atoms with Crippen LogP contribution in [-0.4, -0.2) is 39.6 Å². The predicted octanol–water partition coefficient (Wildman–Crippen LogP) is 4.90. The van der Waals surface area contributed by atoms with Gasteiger partial charge in [-0.2, -0.15) is 0 Å². The molecule has 0 saturated carbocycles. The van der Waals surface area contributed by atoms with Crippen LogP contribution in [0.3, 0.4) is 0 Å². The molecule has 43 heavy (non-hydrogen) atoms. The van der Waals surface area contributed by atoms with E-state index in [1.165, 1.54) is 0 Å². The molecule has 0 atom stereocenters. The highest BCUT2D eigenvalue weighted by Crippen LogP contribution is 2.19. The molecule has 2 aromatic heterocycles. The van der Waals surface area contributed by atoms with Gasteiger partial charge in [-0.05, 0) is 43.2 Å². The number of pyridine rings is 1. The Morgan fingerprint density at radius 1 is 0.837 bits per heavy atom. The Bertz CT molecular complexity index is 1770. The molecular weight excluding hydrogens is 550 g/mol. The molecule has 4 rings (SSSR count). The Hall–Kier alpha value is -4.67. The quantitative estimate of drug-likeness (QED) is 0.0873. The summed E-state index contributed by atoms with van der Waals surface area (Å²) in [6.07, 6.45) is 6.95. The molecule has 2 aromatic carbocycles. The van der Waals surface area contributed by atoms with E-state index in [1.54, 1.807) is 30.3 Å². The molecule has 4 N–H and O–H groups in total. The summed E-state index contributed by atoms with van der Waals surface area (Å²) in [7, 11) is 0. The van der Waals surface area contributed by atoms with Gasteiger partial charge in [0, 0.05) is 28.5 Å². The lowest BCUT2D eigenvalue weighted by molar-refractivity contribution is -0.114. The minimum atomic E-state index is -0.877. The average Bonchev–Trinajstić information content (AvgIpc) is 3.00. The summed E-state index contributed by atoms with van der Waals surface area (Å²) < 4.78 is 6.32. The van der Waals surface area contributed by atoms with Gasteiger partial charge in [0.1, 0.15) is 5.69 Å². The number of rotatable bonds is 15. The van der Waals surface area contributed by atoms with Crippen molar-refractivity contribution in [1.29, 1.82) is 0 Å². The number of carbonyl (C=O) groups excluding carboxylic acids is 2. The van der Waals surface area contributed by atoms with Crippen LogP contribution in [0.25, 0.3) is 21.8 Å². The van der Waals surface area contributed by atoms with Gasteiger partial charge in [-0.1, -0.05) is 64.5 Å². The lowest BCUT2D eigenvalue weighted by atomic mass is 10.1. The molecule has 0 radical (unpaired) electrons. The summed E-state index contributed by atoms with van der Waals surface area (Å²) in [5.41, 5.74) is -0.422. The smallest absolute Gasteiger partial charge is 0.357 e. The number of nitrogens with one attached hydrogen (secondary N) is 4. The van der Waals surface area contributed by atoms with Crippen molar-refractivity contribution in [2.24, 2.45) is 0 Å². The molecule has 4 aromatic rings. The Morgan fingerprint density at radius 2 is 1.56 bits per heavy atom. The van der Waals surface area contributed by atoms with Gasteiger partial charge < -0.3 is 20.4 Å². The second-order valence-electron chi connectivity index (χ2n) is 10.6. The number of hydrogen-bond donors (Lipinski definition) is 4. The van der Waals surface area contributed by atoms with E-state index < -0.39 is 23.1 Å². The van der Waals surface area contributed by atoms with Gasteiger partial charge in [-0.25, -0.2) is 9.59 Å². The zero-order chi connectivity index (χ0) is 30.8. The van der Waals surface area contributed by atoms with Crippen molar-refractivity contribution in [2.45, 2.75) is 71.8 Å². The third kappa shape index (κ3) is 7.79. The molecule has 11 heteroatoms. The summed E-state index contributed by atoms with van der Waals surface area (Å²) in [4.78, 5) is 70.6. The molecule has 0 bridgehead atoms. The van der Waals surface area contributed by atoms with Gasteiger partial charge in [0.2, 0.25) is 5.91 Å². The third-order valence-electron chi connectivity index (χ3n) is 7.28. The Balaban J connectivity index is 1.53. The largest absolute Gasteiger partial charge is 0.461 e. The number of carbonyl (C=O) groups is 2. The predicted molar refractivity (Wildman–Crippen MR) is 169 cm³/mol. The van der Waals surface area contributed by atoms with Crippen LogP contribution in [-0.2, 0) is 16.1 Å². The van der Waals surface area contributed by atoms with Crippen molar-refractivity contribution in [1.82, 2.24) is 14.5 Å². The highest BCUT2D eigenvalue weighted by Gasteiger charge is 2.22. The van der Waals surface area contributed by atoms with Gasteiger partial charge in [-0.15, -0.1) is 0 Å². The normalized spacial score (nSPS) is 11.1. The molecule has 0 aliphatic carbocycles. The van der Waals surface area contributed by atoms with E-state index in [4.69, 9.17) is 4.74 Å². The molecule has 0 spiro atoms. The lowest BCUT2D eigenvalue weighted by Gasteiger charge is -2.14. The number of H-pyrrole nitrogens is 2. The summed E-state index contributed by atoms with van der Waals surface area (Å²) >= 11 is 0. The maximum absolute atomic E-state index is 13.4. The second-order valence-corrected chi connectivity index (χ2v) is 10.6. The van der Waals surface area contributed by atoms with Gasteiger partial charge in [0.25, 0.3) is 5.56 Å². The number of aromatic nitrogens is 3. The maximum atomic E-state index is 13.4. The van der Waals surface area contributed by atoms with Crippen LogP contribution < -0.4 is 27.3 Å². The van der Waals surface area contributed by atoms with Crippen LogP contribution in [0.1, 0.15) is 75.7 Å². The van der Waals surface area contributed by atoms with Crippen LogP contribution in [0, 0.1) is 0 Å². The molecule has 0 unspecified atom stereocenters. The summed E-state index contributed by atoms with van der Waals surface area (Å²) in [5.74, 6) is -1.48. The third-order valence-corrected chi connectivity index (χ3v) is 7.28. The monoisotopic (exact) mass is 589 g/mol. The number of ether oxygens (including phenoxy) is 1. The molecule has 1 amide bonds. The number of unbranched alkanes of at least 4 members (excludes halogenated alkanes) is 6. The van der Waals surface area contributed by atoms with Crippen LogP contribution in [0.2, 0.25) is 0 Å². The van der Waals surface area contributed by atoms with E-state index in [2.05, 4.69) is 34.4 Å². The van der Waals surface area contributed by atoms with Crippen molar-refractivity contribution in [2.75, 3.05) is 23.8 Å². The molecular formula is C32H39N5O6. The highest BCUT2D eigenvalue weighted by atomic mass is 16.5. The van der Waals surface area contributed by atoms with Crippen LogP contribution >= 0.6 is 0 Å². The number of nitrogens with zero attached hydrogens (tertiary/aromatic N) is 1. The average molecular weight is 590 g/mol. The summed E-state index contributed by atoms with van der Waals surface area (Å²) in [6.45, 7) is 4.17. The number of esters is 1. The fraction of sp³-hybridized carbons (Fsp3) is 0.406. The van der Waals surface area contributed by atoms with E-state index in [1.807, 2.05) is 12.1 Å². The summed E-state index contributed by atoms with van der Waals surface area (Å²) in [5, 5.41) is 6.61. The fourth-order valence-corrected chi connectivity index (χ4v) is 4.91. The molecule has 228 valence electrons. The van der Waals surface area contributed by atoms with E-state index in [0.717, 1.165) is 43.1 Å². The lowest BCUT2D eigenvalue weighted by Crippen LogP contribution is -2.40. The molecule has 0 fully saturated rings. The van der Waals surface area contributed by atoms with Crippen molar-refractivity contribution in [3.8, 4) is 0 Å². The van der Waals surface area contributed by atoms with Crippen LogP contribution in [0.5, 0.6) is 0 Å². The number of amides is 1. The number of para-hydroxylation sites is 1. The van der Waals surface area contributed by atoms with E-state index in [-0.39, 0.29) is 36.5 Å². The highest BCUT2D eigenvalue weighted by molar-refractivity contribution is 6.01. The van der Waals surface area contributed by atoms with Gasteiger partial charge in [-0.3, -0.25) is 23.9 Å². The molecule has 11 nitrogen and oxygen atoms in total. The topological polar surface area (TPSA) is 155 Å². The van der Waals surface area contributed by atoms with Crippen molar-refractivity contribution >= 4 is 45.1 Å². The first-order chi connectivity index (χ1) is 20.8. The Kier molecular flexibility index (Phi) is 10.9. The first-order valence-corrected chi connectivity index (χ1v) is 15.0. The van der Waals surface area contributed by atoms with E-state index in [9.17, 15) is 24.0 Å². The number of benzene rings is 2.